The normalized spacial score (nSPS) is 14.2. The maximum Gasteiger partial charge on any atom is 1.00 e. The predicted octanol–water partition coefficient (Wildman–Crippen LogP) is 3.58. The molecule has 0 bridgehead atoms. The molecule has 0 unspecified atom stereocenters. The summed E-state index contributed by atoms with van der Waals surface area (Å²) in [7, 11) is 0. The Morgan fingerprint density at radius 1 is 1.03 bits per heavy atom. The van der Waals surface area contributed by atoms with Gasteiger partial charge in [-0.2, -0.15) is 6.42 Å². The molecular formula is C26H36LiNO. The second kappa shape index (κ2) is 11.6. The van der Waals surface area contributed by atoms with E-state index in [1.165, 1.54) is 34.2 Å². The van der Waals surface area contributed by atoms with E-state index in [4.69, 9.17) is 9.73 Å². The van der Waals surface area contributed by atoms with Gasteiger partial charge in [0.25, 0.3) is 0 Å². The predicted molar refractivity (Wildman–Crippen MR) is 121 cm³/mol. The fraction of sp³-hybridized carbons (Fsp3) is 0.462. The van der Waals surface area contributed by atoms with E-state index in [2.05, 4.69) is 84.9 Å². The SMILES string of the molecule is Cc1ccc(C2=NC(C)(C)CO2)c(CCc2cccc(C)c2C)c1.[CH2-]CCC.[Li+]. The topological polar surface area (TPSA) is 21.6 Å². The van der Waals surface area contributed by atoms with Gasteiger partial charge in [-0.05, 0) is 75.8 Å². The molecule has 3 rings (SSSR count). The zero-order valence-electron chi connectivity index (χ0n) is 19.6. The molecule has 1 aliphatic heterocycles. The van der Waals surface area contributed by atoms with Crippen LogP contribution in [0.25, 0.3) is 0 Å². The molecule has 0 N–H and O–H groups in total. The molecule has 0 saturated heterocycles. The first-order valence-electron chi connectivity index (χ1n) is 10.4. The minimum Gasteiger partial charge on any atom is -0.475 e. The molecule has 0 aliphatic carbocycles. The summed E-state index contributed by atoms with van der Waals surface area (Å²) in [5.41, 5.74) is 7.84. The third kappa shape index (κ3) is 7.36. The number of aliphatic imine (C=N–C) groups is 1. The van der Waals surface area contributed by atoms with Crippen LogP contribution >= 0.6 is 0 Å². The molecule has 0 radical (unpaired) electrons. The molecule has 1 heterocycles. The minimum absolute atomic E-state index is 0. The smallest absolute Gasteiger partial charge is 0.475 e. The molecule has 2 nitrogen and oxygen atoms in total. The van der Waals surface area contributed by atoms with Crippen molar-refractivity contribution in [2.75, 3.05) is 6.61 Å². The summed E-state index contributed by atoms with van der Waals surface area (Å²) in [6.45, 7) is 17.2. The molecule has 0 fully saturated rings. The standard InChI is InChI=1S/C22H27NO.C4H9.Li/c1-15-9-12-20(21-23-22(4,5)14-24-21)19(13-15)11-10-18-8-6-7-16(2)17(18)3;1-3-4-2;/h6-9,12-13H,10-11,14H2,1-5H3;1,3-4H2,2H3;/q;-1;+1. The number of rotatable bonds is 5. The molecule has 2 aromatic rings. The van der Waals surface area contributed by atoms with Crippen LogP contribution < -0.4 is 18.9 Å². The van der Waals surface area contributed by atoms with Gasteiger partial charge in [0, 0.05) is 5.56 Å². The van der Waals surface area contributed by atoms with Crippen molar-refractivity contribution < 1.29 is 23.6 Å². The van der Waals surface area contributed by atoms with E-state index in [1.807, 2.05) is 0 Å². The number of aryl methyl sites for hydroxylation is 4. The second-order valence-electron chi connectivity index (χ2n) is 8.39. The fourth-order valence-electron chi connectivity index (χ4n) is 3.21. The van der Waals surface area contributed by atoms with E-state index in [-0.39, 0.29) is 24.4 Å². The maximum atomic E-state index is 5.88. The van der Waals surface area contributed by atoms with E-state index in [0.717, 1.165) is 30.7 Å². The Hall–Kier alpha value is -1.49. The zero-order valence-corrected chi connectivity index (χ0v) is 19.6. The van der Waals surface area contributed by atoms with Crippen LogP contribution in [0.5, 0.6) is 0 Å². The molecule has 3 heteroatoms. The monoisotopic (exact) mass is 385 g/mol. The van der Waals surface area contributed by atoms with Crippen LogP contribution in [-0.2, 0) is 17.6 Å². The van der Waals surface area contributed by atoms with Gasteiger partial charge >= 0.3 is 18.9 Å². The van der Waals surface area contributed by atoms with E-state index >= 15 is 0 Å². The third-order valence-corrected chi connectivity index (χ3v) is 5.19. The fourth-order valence-corrected chi connectivity index (χ4v) is 3.21. The number of hydrogen-bond donors (Lipinski definition) is 0. The largest absolute Gasteiger partial charge is 1.00 e. The summed E-state index contributed by atoms with van der Waals surface area (Å²) in [6, 6.07) is 13.2. The van der Waals surface area contributed by atoms with Crippen molar-refractivity contribution >= 4 is 5.90 Å². The van der Waals surface area contributed by atoms with Gasteiger partial charge < -0.3 is 11.7 Å². The number of unbranched alkanes of at least 4 members (excludes halogenated alkanes) is 1. The number of hydrogen-bond acceptors (Lipinski definition) is 2. The summed E-state index contributed by atoms with van der Waals surface area (Å²) in [6.07, 6.45) is 4.32. The molecule has 0 amide bonds. The number of nitrogens with zero attached hydrogens (tertiary/aromatic N) is 1. The summed E-state index contributed by atoms with van der Waals surface area (Å²) in [5, 5.41) is 0. The Morgan fingerprint density at radius 2 is 1.69 bits per heavy atom. The van der Waals surface area contributed by atoms with Gasteiger partial charge in [-0.3, -0.25) is 0 Å². The van der Waals surface area contributed by atoms with Gasteiger partial charge in [0.05, 0.1) is 5.54 Å². The Morgan fingerprint density at radius 3 is 2.28 bits per heavy atom. The minimum atomic E-state index is -0.120. The van der Waals surface area contributed by atoms with E-state index < -0.39 is 0 Å². The second-order valence-corrected chi connectivity index (χ2v) is 8.39. The van der Waals surface area contributed by atoms with Crippen molar-refractivity contribution in [2.45, 2.75) is 72.8 Å². The van der Waals surface area contributed by atoms with Gasteiger partial charge in [0.2, 0.25) is 5.90 Å². The average molecular weight is 386 g/mol. The Labute approximate surface area is 190 Å². The summed E-state index contributed by atoms with van der Waals surface area (Å²) in [4.78, 5) is 4.76. The summed E-state index contributed by atoms with van der Waals surface area (Å²) >= 11 is 0. The third-order valence-electron chi connectivity index (χ3n) is 5.19. The van der Waals surface area contributed by atoms with Crippen molar-refractivity contribution in [1.82, 2.24) is 0 Å². The van der Waals surface area contributed by atoms with E-state index in [1.54, 1.807) is 0 Å². The molecule has 0 atom stereocenters. The molecular weight excluding hydrogens is 349 g/mol. The van der Waals surface area contributed by atoms with Gasteiger partial charge in [0.15, 0.2) is 0 Å². The molecule has 0 spiro atoms. The Balaban J connectivity index is 0.000000771. The molecule has 0 saturated carbocycles. The molecule has 2 aromatic carbocycles. The molecule has 152 valence electrons. The molecule has 0 aromatic heterocycles. The van der Waals surface area contributed by atoms with E-state index in [9.17, 15) is 0 Å². The van der Waals surface area contributed by atoms with Crippen molar-refractivity contribution in [3.63, 3.8) is 0 Å². The first-order valence-corrected chi connectivity index (χ1v) is 10.4. The van der Waals surface area contributed by atoms with Gasteiger partial charge in [0.1, 0.15) is 6.61 Å². The van der Waals surface area contributed by atoms with Crippen LogP contribution in [0.1, 0.15) is 67.0 Å². The zero-order chi connectivity index (χ0) is 20.7. The summed E-state index contributed by atoms with van der Waals surface area (Å²) in [5.74, 6) is 0.802. The van der Waals surface area contributed by atoms with Crippen LogP contribution in [0.4, 0.5) is 0 Å². The van der Waals surface area contributed by atoms with Crippen molar-refractivity contribution in [1.29, 1.82) is 0 Å². The Kier molecular flexibility index (Phi) is 10.2. The van der Waals surface area contributed by atoms with Crippen LogP contribution in [0, 0.1) is 27.7 Å². The van der Waals surface area contributed by atoms with Crippen molar-refractivity contribution in [3.05, 3.63) is 76.7 Å². The first-order chi connectivity index (χ1) is 13.3. The maximum absolute atomic E-state index is 5.88. The first kappa shape index (κ1) is 25.5. The van der Waals surface area contributed by atoms with Gasteiger partial charge in [-0.15, -0.1) is 0 Å². The number of ether oxygens (including phenoxy) is 1. The van der Waals surface area contributed by atoms with Crippen LogP contribution in [0.15, 0.2) is 41.4 Å². The molecule has 29 heavy (non-hydrogen) atoms. The Bertz CT molecular complexity index is 821. The number of benzene rings is 2. The van der Waals surface area contributed by atoms with Crippen LogP contribution in [0.3, 0.4) is 0 Å². The van der Waals surface area contributed by atoms with Crippen molar-refractivity contribution in [2.24, 2.45) is 4.99 Å². The average Bonchev–Trinajstić information content (AvgIpc) is 3.03. The van der Waals surface area contributed by atoms with Crippen LogP contribution in [0.2, 0.25) is 0 Å². The van der Waals surface area contributed by atoms with Crippen LogP contribution in [-0.4, -0.2) is 18.0 Å². The molecule has 1 aliphatic rings. The quantitative estimate of drug-likeness (QED) is 0.570. The van der Waals surface area contributed by atoms with E-state index in [0.29, 0.717) is 6.61 Å². The summed E-state index contributed by atoms with van der Waals surface area (Å²) < 4.78 is 5.88. The van der Waals surface area contributed by atoms with Gasteiger partial charge in [-0.25, -0.2) is 4.99 Å². The van der Waals surface area contributed by atoms with Gasteiger partial charge in [-0.1, -0.05) is 49.2 Å². The van der Waals surface area contributed by atoms with Crippen molar-refractivity contribution in [3.8, 4) is 0 Å².